The maximum Gasteiger partial charge on any atom is 0.0356 e. The standard InChI is InChI=1S/C12H14BrNS/c1-14-6-2-3-9-8-15-12-7-10(13)4-5-11(9)12/h4-5,7-8,14H,2-3,6H2,1H3. The van der Waals surface area contributed by atoms with Crippen molar-refractivity contribution >= 4 is 37.4 Å². The van der Waals surface area contributed by atoms with Crippen LogP contribution in [-0.4, -0.2) is 13.6 Å². The molecule has 1 N–H and O–H groups in total. The lowest BCUT2D eigenvalue weighted by molar-refractivity contribution is 0.727. The average Bonchev–Trinajstić information content (AvgIpc) is 2.61. The van der Waals surface area contributed by atoms with Crippen molar-refractivity contribution in [1.29, 1.82) is 0 Å². The van der Waals surface area contributed by atoms with E-state index in [9.17, 15) is 0 Å². The molecule has 2 aromatic rings. The summed E-state index contributed by atoms with van der Waals surface area (Å²) < 4.78 is 2.54. The molecular formula is C12H14BrNS. The number of benzene rings is 1. The second kappa shape index (κ2) is 5.10. The van der Waals surface area contributed by atoms with Gasteiger partial charge in [0.05, 0.1) is 0 Å². The van der Waals surface area contributed by atoms with Gasteiger partial charge in [0.15, 0.2) is 0 Å². The Kier molecular flexibility index (Phi) is 3.78. The van der Waals surface area contributed by atoms with E-state index < -0.39 is 0 Å². The molecule has 1 nitrogen and oxygen atoms in total. The first-order valence-electron chi connectivity index (χ1n) is 5.11. The molecule has 3 heteroatoms. The molecule has 1 heterocycles. The molecule has 0 aliphatic carbocycles. The van der Waals surface area contributed by atoms with Gasteiger partial charge in [-0.05, 0) is 54.9 Å². The van der Waals surface area contributed by atoms with E-state index in [4.69, 9.17) is 0 Å². The lowest BCUT2D eigenvalue weighted by Crippen LogP contribution is -2.08. The first-order valence-corrected chi connectivity index (χ1v) is 6.79. The maximum absolute atomic E-state index is 3.50. The molecule has 0 spiro atoms. The van der Waals surface area contributed by atoms with Crippen LogP contribution >= 0.6 is 27.3 Å². The molecule has 1 aromatic carbocycles. The average molecular weight is 284 g/mol. The van der Waals surface area contributed by atoms with Crippen LogP contribution in [0, 0.1) is 0 Å². The Morgan fingerprint density at radius 2 is 2.27 bits per heavy atom. The highest BCUT2D eigenvalue weighted by Crippen LogP contribution is 2.29. The number of hydrogen-bond donors (Lipinski definition) is 1. The van der Waals surface area contributed by atoms with Crippen molar-refractivity contribution in [3.05, 3.63) is 33.6 Å². The van der Waals surface area contributed by atoms with Gasteiger partial charge in [-0.3, -0.25) is 0 Å². The molecule has 0 unspecified atom stereocenters. The molecule has 0 fully saturated rings. The van der Waals surface area contributed by atoms with E-state index in [0.717, 1.165) is 6.54 Å². The molecule has 0 amide bonds. The fourth-order valence-electron chi connectivity index (χ4n) is 1.71. The topological polar surface area (TPSA) is 12.0 Å². The zero-order chi connectivity index (χ0) is 10.7. The van der Waals surface area contributed by atoms with Gasteiger partial charge in [-0.15, -0.1) is 11.3 Å². The maximum atomic E-state index is 3.50. The van der Waals surface area contributed by atoms with Crippen LogP contribution in [0.15, 0.2) is 28.1 Å². The Bertz CT molecular complexity index is 450. The predicted octanol–water partition coefficient (Wildman–Crippen LogP) is 3.82. The van der Waals surface area contributed by atoms with E-state index in [1.165, 1.54) is 33.0 Å². The van der Waals surface area contributed by atoms with Gasteiger partial charge in [-0.2, -0.15) is 0 Å². The molecule has 1 aromatic heterocycles. The predicted molar refractivity (Wildman–Crippen MR) is 71.8 cm³/mol. The number of rotatable bonds is 4. The van der Waals surface area contributed by atoms with Crippen LogP contribution in [0.1, 0.15) is 12.0 Å². The molecule has 80 valence electrons. The van der Waals surface area contributed by atoms with Crippen molar-refractivity contribution in [1.82, 2.24) is 5.32 Å². The van der Waals surface area contributed by atoms with Crippen LogP contribution in [0.2, 0.25) is 0 Å². The van der Waals surface area contributed by atoms with Gasteiger partial charge in [0.1, 0.15) is 0 Å². The fourth-order valence-corrected chi connectivity index (χ4v) is 3.25. The summed E-state index contributed by atoms with van der Waals surface area (Å²) >= 11 is 5.34. The number of nitrogens with one attached hydrogen (secondary N) is 1. The Hall–Kier alpha value is -0.380. The van der Waals surface area contributed by atoms with Gasteiger partial charge in [0.25, 0.3) is 0 Å². The third kappa shape index (κ3) is 2.60. The minimum absolute atomic E-state index is 1.09. The zero-order valence-electron chi connectivity index (χ0n) is 8.72. The van der Waals surface area contributed by atoms with Crippen molar-refractivity contribution in [3.8, 4) is 0 Å². The first-order chi connectivity index (χ1) is 7.31. The summed E-state index contributed by atoms with van der Waals surface area (Å²) in [7, 11) is 2.00. The minimum Gasteiger partial charge on any atom is -0.320 e. The van der Waals surface area contributed by atoms with E-state index >= 15 is 0 Å². The van der Waals surface area contributed by atoms with E-state index in [1.807, 2.05) is 18.4 Å². The highest BCUT2D eigenvalue weighted by atomic mass is 79.9. The van der Waals surface area contributed by atoms with Crippen LogP contribution < -0.4 is 5.32 Å². The van der Waals surface area contributed by atoms with E-state index in [1.54, 1.807) is 0 Å². The number of fused-ring (bicyclic) bond motifs is 1. The van der Waals surface area contributed by atoms with Gasteiger partial charge in [-0.25, -0.2) is 0 Å². The van der Waals surface area contributed by atoms with Crippen LogP contribution in [0.4, 0.5) is 0 Å². The summed E-state index contributed by atoms with van der Waals surface area (Å²) in [4.78, 5) is 0. The van der Waals surface area contributed by atoms with Crippen molar-refractivity contribution < 1.29 is 0 Å². The number of hydrogen-bond acceptors (Lipinski definition) is 2. The minimum atomic E-state index is 1.09. The molecule has 0 aliphatic rings. The van der Waals surface area contributed by atoms with Crippen LogP contribution in [0.5, 0.6) is 0 Å². The SMILES string of the molecule is CNCCCc1csc2cc(Br)ccc12. The fraction of sp³-hybridized carbons (Fsp3) is 0.333. The van der Waals surface area contributed by atoms with Gasteiger partial charge in [-0.1, -0.05) is 22.0 Å². The Morgan fingerprint density at radius 3 is 3.07 bits per heavy atom. The highest BCUT2D eigenvalue weighted by molar-refractivity contribution is 9.10. The molecule has 0 aliphatic heterocycles. The van der Waals surface area contributed by atoms with Gasteiger partial charge >= 0.3 is 0 Å². The van der Waals surface area contributed by atoms with Crippen molar-refractivity contribution in [2.24, 2.45) is 0 Å². The monoisotopic (exact) mass is 283 g/mol. The first kappa shape index (κ1) is 11.1. The molecule has 0 saturated heterocycles. The van der Waals surface area contributed by atoms with Crippen LogP contribution in [0.25, 0.3) is 10.1 Å². The van der Waals surface area contributed by atoms with E-state index in [2.05, 4.69) is 44.8 Å². The molecule has 0 atom stereocenters. The normalized spacial score (nSPS) is 11.1. The summed E-state index contributed by atoms with van der Waals surface area (Å²) in [6.07, 6.45) is 2.38. The van der Waals surface area contributed by atoms with Gasteiger partial charge in [0.2, 0.25) is 0 Å². The molecule has 0 radical (unpaired) electrons. The quantitative estimate of drug-likeness (QED) is 0.842. The lowest BCUT2D eigenvalue weighted by Gasteiger charge is -1.99. The highest BCUT2D eigenvalue weighted by Gasteiger charge is 2.03. The van der Waals surface area contributed by atoms with Crippen molar-refractivity contribution in [2.45, 2.75) is 12.8 Å². The zero-order valence-corrected chi connectivity index (χ0v) is 11.1. The van der Waals surface area contributed by atoms with Gasteiger partial charge in [0, 0.05) is 9.17 Å². The second-order valence-corrected chi connectivity index (χ2v) is 5.44. The number of halogens is 1. The second-order valence-electron chi connectivity index (χ2n) is 3.61. The Balaban J connectivity index is 2.21. The van der Waals surface area contributed by atoms with E-state index in [-0.39, 0.29) is 0 Å². The molecule has 0 bridgehead atoms. The molecule has 15 heavy (non-hydrogen) atoms. The van der Waals surface area contributed by atoms with Crippen LogP contribution in [-0.2, 0) is 6.42 Å². The number of thiophene rings is 1. The summed E-state index contributed by atoms with van der Waals surface area (Å²) in [5.41, 5.74) is 1.48. The van der Waals surface area contributed by atoms with Gasteiger partial charge < -0.3 is 5.32 Å². The van der Waals surface area contributed by atoms with Crippen LogP contribution in [0.3, 0.4) is 0 Å². The third-order valence-electron chi connectivity index (χ3n) is 2.49. The largest absolute Gasteiger partial charge is 0.320 e. The molecular weight excluding hydrogens is 270 g/mol. The Morgan fingerprint density at radius 1 is 1.40 bits per heavy atom. The van der Waals surface area contributed by atoms with Crippen molar-refractivity contribution in [3.63, 3.8) is 0 Å². The lowest BCUT2D eigenvalue weighted by atomic mass is 10.1. The smallest absolute Gasteiger partial charge is 0.0356 e. The van der Waals surface area contributed by atoms with Crippen molar-refractivity contribution in [2.75, 3.05) is 13.6 Å². The Labute approximate surface area is 103 Å². The molecule has 2 rings (SSSR count). The summed E-state index contributed by atoms with van der Waals surface area (Å²) in [5.74, 6) is 0. The third-order valence-corrected chi connectivity index (χ3v) is 3.98. The number of aryl methyl sites for hydroxylation is 1. The van der Waals surface area contributed by atoms with E-state index in [0.29, 0.717) is 0 Å². The molecule has 0 saturated carbocycles. The summed E-state index contributed by atoms with van der Waals surface area (Å²) in [5, 5.41) is 6.88. The summed E-state index contributed by atoms with van der Waals surface area (Å²) in [6.45, 7) is 1.09. The summed E-state index contributed by atoms with van der Waals surface area (Å²) in [6, 6.07) is 6.53.